The first-order chi connectivity index (χ1) is 10.6. The van der Waals surface area contributed by atoms with E-state index in [1.54, 1.807) is 0 Å². The average Bonchev–Trinajstić information content (AvgIpc) is 2.90. The van der Waals surface area contributed by atoms with Gasteiger partial charge in [-0.3, -0.25) is 0 Å². The smallest absolute Gasteiger partial charge is 0.315 e. The van der Waals surface area contributed by atoms with Crippen LogP contribution in [0.2, 0.25) is 0 Å². The van der Waals surface area contributed by atoms with Crippen LogP contribution in [-0.2, 0) is 6.54 Å². The van der Waals surface area contributed by atoms with Gasteiger partial charge in [0.25, 0.3) is 0 Å². The average molecular weight is 301 g/mol. The van der Waals surface area contributed by atoms with Crippen LogP contribution < -0.4 is 10.6 Å². The van der Waals surface area contributed by atoms with E-state index in [4.69, 9.17) is 4.52 Å². The molecular weight excluding hydrogens is 278 g/mol. The fourth-order valence-corrected chi connectivity index (χ4v) is 3.14. The molecule has 1 aromatic heterocycles. The Labute approximate surface area is 130 Å². The van der Waals surface area contributed by atoms with Crippen molar-refractivity contribution >= 4 is 17.0 Å². The summed E-state index contributed by atoms with van der Waals surface area (Å²) < 4.78 is 5.28. The molecule has 1 heterocycles. The summed E-state index contributed by atoms with van der Waals surface area (Å²) in [6, 6.07) is 6.09. The van der Waals surface area contributed by atoms with E-state index in [9.17, 15) is 4.79 Å². The molecule has 0 saturated heterocycles. The third-order valence-electron chi connectivity index (χ3n) is 4.54. The highest BCUT2D eigenvalue weighted by Gasteiger charge is 2.22. The minimum Gasteiger partial charge on any atom is -0.356 e. The lowest BCUT2D eigenvalue weighted by molar-refractivity contribution is 0.221. The Morgan fingerprint density at radius 2 is 2.18 bits per heavy atom. The largest absolute Gasteiger partial charge is 0.356 e. The van der Waals surface area contributed by atoms with Gasteiger partial charge in [0.2, 0.25) is 0 Å². The molecule has 2 N–H and O–H groups in total. The van der Waals surface area contributed by atoms with Crippen LogP contribution in [0.4, 0.5) is 4.79 Å². The quantitative estimate of drug-likeness (QED) is 0.911. The Morgan fingerprint density at radius 1 is 1.36 bits per heavy atom. The second-order valence-electron chi connectivity index (χ2n) is 6.32. The van der Waals surface area contributed by atoms with Gasteiger partial charge in [-0.05, 0) is 37.8 Å². The van der Waals surface area contributed by atoms with Crippen LogP contribution in [0.1, 0.15) is 43.9 Å². The third-order valence-corrected chi connectivity index (χ3v) is 4.54. The van der Waals surface area contributed by atoms with Crippen molar-refractivity contribution in [1.82, 2.24) is 15.8 Å². The molecule has 3 rings (SSSR count). The molecule has 0 bridgehead atoms. The molecule has 2 aromatic rings. The van der Waals surface area contributed by atoms with Gasteiger partial charge in [-0.25, -0.2) is 4.79 Å². The van der Waals surface area contributed by atoms with Gasteiger partial charge in [-0.2, -0.15) is 0 Å². The van der Waals surface area contributed by atoms with Gasteiger partial charge in [0, 0.05) is 11.4 Å². The van der Waals surface area contributed by atoms with Gasteiger partial charge in [0.1, 0.15) is 5.69 Å². The second-order valence-corrected chi connectivity index (χ2v) is 6.32. The SMILES string of the molecule is Cc1ccc2onc(CNC(=O)N[C@H]3CCCC[C@@H]3C)c2c1. The van der Waals surface area contributed by atoms with Crippen molar-refractivity contribution in [3.05, 3.63) is 29.5 Å². The lowest BCUT2D eigenvalue weighted by Crippen LogP contribution is -2.45. The minimum atomic E-state index is -0.123. The highest BCUT2D eigenvalue weighted by molar-refractivity contribution is 5.81. The predicted molar refractivity (Wildman–Crippen MR) is 85.5 cm³/mol. The van der Waals surface area contributed by atoms with Crippen molar-refractivity contribution < 1.29 is 9.32 Å². The van der Waals surface area contributed by atoms with Crippen LogP contribution in [-0.4, -0.2) is 17.2 Å². The highest BCUT2D eigenvalue weighted by atomic mass is 16.5. The maximum absolute atomic E-state index is 12.1. The van der Waals surface area contributed by atoms with Crippen molar-refractivity contribution in [1.29, 1.82) is 0 Å². The number of hydrogen-bond acceptors (Lipinski definition) is 3. The van der Waals surface area contributed by atoms with Crippen molar-refractivity contribution in [2.75, 3.05) is 0 Å². The van der Waals surface area contributed by atoms with Crippen molar-refractivity contribution in [3.8, 4) is 0 Å². The number of amides is 2. The molecule has 22 heavy (non-hydrogen) atoms. The lowest BCUT2D eigenvalue weighted by atomic mass is 9.86. The molecule has 1 saturated carbocycles. The zero-order chi connectivity index (χ0) is 15.5. The van der Waals surface area contributed by atoms with Gasteiger partial charge in [0.15, 0.2) is 5.58 Å². The van der Waals surface area contributed by atoms with E-state index in [-0.39, 0.29) is 12.1 Å². The first kappa shape index (κ1) is 14.9. The first-order valence-electron chi connectivity index (χ1n) is 8.03. The molecule has 1 fully saturated rings. The van der Waals surface area contributed by atoms with E-state index in [2.05, 4.69) is 22.7 Å². The standard InChI is InChI=1S/C17H23N3O2/c1-11-7-8-16-13(9-11)15(20-22-16)10-18-17(21)19-14-6-4-3-5-12(14)2/h7-9,12,14H,3-6,10H2,1-2H3,(H2,18,19,21)/t12-,14-/m0/s1. The molecular formula is C17H23N3O2. The molecule has 5 nitrogen and oxygen atoms in total. The maximum Gasteiger partial charge on any atom is 0.315 e. The Balaban J connectivity index is 1.59. The number of nitrogens with one attached hydrogen (secondary N) is 2. The molecule has 0 radical (unpaired) electrons. The molecule has 1 aromatic carbocycles. The molecule has 2 amide bonds. The number of aromatic nitrogens is 1. The summed E-state index contributed by atoms with van der Waals surface area (Å²) in [6.45, 7) is 4.61. The van der Waals surface area contributed by atoms with Crippen molar-refractivity contribution in [2.45, 2.75) is 52.1 Å². The summed E-state index contributed by atoms with van der Waals surface area (Å²) in [6.07, 6.45) is 4.73. The van der Waals surface area contributed by atoms with E-state index in [0.29, 0.717) is 12.5 Å². The number of carbonyl (C=O) groups excluding carboxylic acids is 1. The normalized spacial score (nSPS) is 21.7. The number of urea groups is 1. The summed E-state index contributed by atoms with van der Waals surface area (Å²) >= 11 is 0. The van der Waals surface area contributed by atoms with E-state index < -0.39 is 0 Å². The number of nitrogens with zero attached hydrogens (tertiary/aromatic N) is 1. The summed E-state index contributed by atoms with van der Waals surface area (Å²) in [5.41, 5.74) is 2.67. The molecule has 1 aliphatic carbocycles. The Kier molecular flexibility index (Phi) is 4.32. The van der Waals surface area contributed by atoms with Crippen LogP contribution >= 0.6 is 0 Å². The zero-order valence-corrected chi connectivity index (χ0v) is 13.2. The van der Waals surface area contributed by atoms with Gasteiger partial charge in [0.05, 0.1) is 6.54 Å². The zero-order valence-electron chi connectivity index (χ0n) is 13.2. The summed E-state index contributed by atoms with van der Waals surface area (Å²) in [4.78, 5) is 12.1. The number of rotatable bonds is 3. The van der Waals surface area contributed by atoms with Gasteiger partial charge in [-0.15, -0.1) is 0 Å². The fraction of sp³-hybridized carbons (Fsp3) is 0.529. The van der Waals surface area contributed by atoms with Gasteiger partial charge < -0.3 is 15.2 Å². The van der Waals surface area contributed by atoms with E-state index in [0.717, 1.165) is 28.6 Å². The van der Waals surface area contributed by atoms with Gasteiger partial charge in [-0.1, -0.05) is 36.6 Å². The van der Waals surface area contributed by atoms with Crippen molar-refractivity contribution in [2.24, 2.45) is 5.92 Å². The summed E-state index contributed by atoms with van der Waals surface area (Å²) in [5, 5.41) is 11.0. The maximum atomic E-state index is 12.1. The Hall–Kier alpha value is -2.04. The number of carbonyl (C=O) groups is 1. The Bertz CT molecular complexity index is 665. The number of fused-ring (bicyclic) bond motifs is 1. The third kappa shape index (κ3) is 3.24. The van der Waals surface area contributed by atoms with Crippen LogP contribution in [0.25, 0.3) is 11.0 Å². The minimum absolute atomic E-state index is 0.123. The Morgan fingerprint density at radius 3 is 3.00 bits per heavy atom. The first-order valence-corrected chi connectivity index (χ1v) is 8.03. The number of benzene rings is 1. The van der Waals surface area contributed by atoms with Crippen molar-refractivity contribution in [3.63, 3.8) is 0 Å². The monoisotopic (exact) mass is 301 g/mol. The van der Waals surface area contributed by atoms with E-state index in [1.165, 1.54) is 19.3 Å². The fourth-order valence-electron chi connectivity index (χ4n) is 3.14. The molecule has 5 heteroatoms. The number of hydrogen-bond donors (Lipinski definition) is 2. The lowest BCUT2D eigenvalue weighted by Gasteiger charge is -2.29. The molecule has 2 atom stereocenters. The number of aryl methyl sites for hydroxylation is 1. The van der Waals surface area contributed by atoms with E-state index in [1.807, 2.05) is 25.1 Å². The topological polar surface area (TPSA) is 67.2 Å². The molecule has 0 unspecified atom stereocenters. The van der Waals surface area contributed by atoms with Crippen LogP contribution in [0.5, 0.6) is 0 Å². The second kappa shape index (κ2) is 6.38. The highest BCUT2D eigenvalue weighted by Crippen LogP contribution is 2.23. The van der Waals surface area contributed by atoms with Crippen LogP contribution in [0, 0.1) is 12.8 Å². The molecule has 1 aliphatic rings. The summed E-state index contributed by atoms with van der Waals surface area (Å²) in [5.74, 6) is 0.551. The summed E-state index contributed by atoms with van der Waals surface area (Å²) in [7, 11) is 0. The molecule has 0 spiro atoms. The molecule has 0 aliphatic heterocycles. The van der Waals surface area contributed by atoms with Crippen LogP contribution in [0.3, 0.4) is 0 Å². The predicted octanol–water partition coefficient (Wildman–Crippen LogP) is 3.51. The van der Waals surface area contributed by atoms with E-state index >= 15 is 0 Å². The van der Waals surface area contributed by atoms with Crippen LogP contribution in [0.15, 0.2) is 22.7 Å². The van der Waals surface area contributed by atoms with Gasteiger partial charge >= 0.3 is 6.03 Å². The molecule has 118 valence electrons.